The molecule has 1 heterocycles. The molecule has 1 N–H and O–H groups in total. The summed E-state index contributed by atoms with van der Waals surface area (Å²) in [7, 11) is 0. The van der Waals surface area contributed by atoms with Gasteiger partial charge in [-0.3, -0.25) is 0 Å². The minimum Gasteiger partial charge on any atom is -0.316 e. The lowest BCUT2D eigenvalue weighted by Gasteiger charge is -2.45. The lowest BCUT2D eigenvalue weighted by molar-refractivity contribution is 0.0677. The Morgan fingerprint density at radius 2 is 1.77 bits per heavy atom. The summed E-state index contributed by atoms with van der Waals surface area (Å²) >= 11 is 0. The molecule has 2 fully saturated rings. The van der Waals surface area contributed by atoms with Crippen LogP contribution in [-0.2, 0) is 6.42 Å². The molecule has 1 aromatic rings. The minimum atomic E-state index is 0.448. The maximum Gasteiger partial charge on any atom is -0.00169 e. The number of nitrogens with one attached hydrogen (secondary N) is 1. The molecule has 166 valence electrons. The molecule has 0 amide bonds. The van der Waals surface area contributed by atoms with Gasteiger partial charge in [-0.2, -0.15) is 0 Å². The summed E-state index contributed by atoms with van der Waals surface area (Å²) in [6.45, 7) is 24.8. The number of benzene rings is 1. The van der Waals surface area contributed by atoms with Crippen LogP contribution in [0.2, 0.25) is 0 Å². The van der Waals surface area contributed by atoms with E-state index in [0.717, 1.165) is 31.3 Å². The highest BCUT2D eigenvalue weighted by atomic mass is 14.9. The largest absolute Gasteiger partial charge is 0.316 e. The second kappa shape index (κ2) is 10.6. The summed E-state index contributed by atoms with van der Waals surface area (Å²) in [5, 5.41) is 3.49. The molecule has 0 bridgehead atoms. The quantitative estimate of drug-likeness (QED) is 0.472. The van der Waals surface area contributed by atoms with E-state index in [1.165, 1.54) is 54.4 Å². The fourth-order valence-electron chi connectivity index (χ4n) is 6.34. The second-order valence-electron chi connectivity index (χ2n) is 11.0. The van der Waals surface area contributed by atoms with E-state index in [2.05, 4.69) is 90.0 Å². The van der Waals surface area contributed by atoms with Crippen molar-refractivity contribution in [2.75, 3.05) is 13.1 Å². The zero-order valence-electron chi connectivity index (χ0n) is 20.3. The molecule has 0 radical (unpaired) electrons. The Bertz CT molecular complexity index is 715. The molecule has 3 rings (SSSR count). The molecular formula is C29H45N. The predicted molar refractivity (Wildman–Crippen MR) is 136 cm³/mol. The van der Waals surface area contributed by atoms with E-state index >= 15 is 0 Å². The van der Waals surface area contributed by atoms with Crippen molar-refractivity contribution in [2.24, 2.45) is 22.7 Å². The number of hydrogen-bond acceptors (Lipinski definition) is 1. The van der Waals surface area contributed by atoms with E-state index in [0.29, 0.717) is 10.8 Å². The standard InChI is InChI=1S/C27H41N.C2H4/c1-7-9-25-23(15-22-16-26(3,4)19-27(5,6)17-22)10-8-11-24(25)20(2)14-21-12-13-28-18-21;1-2/h7-11,21-22,28H,2,12-19H2,1,3-6H3;1-2H2/b9-7-;. The third-order valence-electron chi connectivity index (χ3n) is 6.76. The van der Waals surface area contributed by atoms with Crippen LogP contribution >= 0.6 is 0 Å². The van der Waals surface area contributed by atoms with Gasteiger partial charge in [0.15, 0.2) is 0 Å². The van der Waals surface area contributed by atoms with E-state index in [4.69, 9.17) is 0 Å². The summed E-state index contributed by atoms with van der Waals surface area (Å²) < 4.78 is 0. The normalized spacial score (nSPS) is 23.2. The molecule has 1 aromatic carbocycles. The fraction of sp³-hybridized carbons (Fsp3) is 0.586. The van der Waals surface area contributed by atoms with E-state index in [9.17, 15) is 0 Å². The van der Waals surface area contributed by atoms with Crippen LogP contribution in [0.1, 0.15) is 83.4 Å². The van der Waals surface area contributed by atoms with Gasteiger partial charge in [0, 0.05) is 0 Å². The highest BCUT2D eigenvalue weighted by molar-refractivity contribution is 5.75. The molecule has 1 atom stereocenters. The summed E-state index contributed by atoms with van der Waals surface area (Å²) in [6.07, 6.45) is 12.1. The smallest absolute Gasteiger partial charge is 0.00169 e. The first-order valence-corrected chi connectivity index (χ1v) is 11.8. The van der Waals surface area contributed by atoms with Crippen molar-refractivity contribution in [3.8, 4) is 0 Å². The zero-order chi connectivity index (χ0) is 22.4. The highest BCUT2D eigenvalue weighted by Crippen LogP contribution is 2.49. The van der Waals surface area contributed by atoms with Crippen molar-refractivity contribution in [3.63, 3.8) is 0 Å². The Labute approximate surface area is 186 Å². The van der Waals surface area contributed by atoms with E-state index < -0.39 is 0 Å². The zero-order valence-corrected chi connectivity index (χ0v) is 20.3. The van der Waals surface area contributed by atoms with Crippen molar-refractivity contribution in [1.29, 1.82) is 0 Å². The van der Waals surface area contributed by atoms with Crippen molar-refractivity contribution in [2.45, 2.75) is 73.1 Å². The number of rotatable bonds is 6. The second-order valence-corrected chi connectivity index (χ2v) is 11.0. The minimum absolute atomic E-state index is 0.448. The van der Waals surface area contributed by atoms with Crippen LogP contribution in [0.15, 0.2) is 44.0 Å². The Kier molecular flexibility index (Phi) is 8.73. The Hall–Kier alpha value is -1.60. The average Bonchev–Trinajstić information content (AvgIpc) is 3.15. The Morgan fingerprint density at radius 3 is 2.33 bits per heavy atom. The number of allylic oxidation sites excluding steroid dienone is 2. The highest BCUT2D eigenvalue weighted by Gasteiger charge is 2.38. The van der Waals surface area contributed by atoms with Gasteiger partial charge in [0.1, 0.15) is 0 Å². The van der Waals surface area contributed by atoms with Gasteiger partial charge in [-0.25, -0.2) is 0 Å². The molecule has 0 aromatic heterocycles. The SMILES string of the molecule is C=C.C=C(CC1CCNC1)c1cccc(CC2CC(C)(C)CC(C)(C)C2)c1/C=C\C. The Balaban J connectivity index is 0.00000155. The van der Waals surface area contributed by atoms with Crippen molar-refractivity contribution >= 4 is 11.6 Å². The molecule has 1 heteroatoms. The molecule has 30 heavy (non-hydrogen) atoms. The van der Waals surface area contributed by atoms with Gasteiger partial charge >= 0.3 is 0 Å². The maximum atomic E-state index is 4.50. The fourth-order valence-corrected chi connectivity index (χ4v) is 6.34. The van der Waals surface area contributed by atoms with Crippen LogP contribution in [0.3, 0.4) is 0 Å². The van der Waals surface area contributed by atoms with Crippen molar-refractivity contribution < 1.29 is 0 Å². The molecule has 1 aliphatic carbocycles. The Morgan fingerprint density at radius 1 is 1.10 bits per heavy atom. The van der Waals surface area contributed by atoms with Crippen molar-refractivity contribution in [3.05, 3.63) is 60.7 Å². The third-order valence-corrected chi connectivity index (χ3v) is 6.76. The summed E-state index contributed by atoms with van der Waals surface area (Å²) in [4.78, 5) is 0. The number of hydrogen-bond donors (Lipinski definition) is 1. The average molecular weight is 408 g/mol. The van der Waals surface area contributed by atoms with Gasteiger partial charge in [0.05, 0.1) is 0 Å². The van der Waals surface area contributed by atoms with E-state index in [1.807, 2.05) is 0 Å². The molecule has 1 unspecified atom stereocenters. The molecule has 0 spiro atoms. The molecule has 1 saturated heterocycles. The molecular weight excluding hydrogens is 362 g/mol. The molecule has 1 aliphatic heterocycles. The topological polar surface area (TPSA) is 12.0 Å². The predicted octanol–water partition coefficient (Wildman–Crippen LogP) is 7.93. The van der Waals surface area contributed by atoms with Crippen LogP contribution in [0.25, 0.3) is 11.6 Å². The van der Waals surface area contributed by atoms with E-state index in [1.54, 1.807) is 0 Å². The maximum absolute atomic E-state index is 4.50. The van der Waals surface area contributed by atoms with Gasteiger partial charge in [0.25, 0.3) is 0 Å². The molecule has 1 saturated carbocycles. The van der Waals surface area contributed by atoms with Gasteiger partial charge in [-0.1, -0.05) is 64.6 Å². The van der Waals surface area contributed by atoms with Crippen molar-refractivity contribution in [1.82, 2.24) is 5.32 Å². The summed E-state index contributed by atoms with van der Waals surface area (Å²) in [5.41, 5.74) is 6.51. The molecule has 2 aliphatic rings. The van der Waals surface area contributed by atoms with Crippen LogP contribution in [0, 0.1) is 22.7 Å². The lowest BCUT2D eigenvalue weighted by atomic mass is 9.60. The van der Waals surface area contributed by atoms with Crippen LogP contribution in [0.5, 0.6) is 0 Å². The molecule has 1 nitrogen and oxygen atoms in total. The lowest BCUT2D eigenvalue weighted by Crippen LogP contribution is -2.34. The summed E-state index contributed by atoms with van der Waals surface area (Å²) in [6, 6.07) is 6.91. The van der Waals surface area contributed by atoms with Crippen LogP contribution in [-0.4, -0.2) is 13.1 Å². The van der Waals surface area contributed by atoms with Crippen LogP contribution in [0.4, 0.5) is 0 Å². The van der Waals surface area contributed by atoms with Gasteiger partial charge < -0.3 is 5.32 Å². The first-order chi connectivity index (χ1) is 14.2. The summed E-state index contributed by atoms with van der Waals surface area (Å²) in [5.74, 6) is 1.51. The first kappa shape index (κ1) is 24.7. The van der Waals surface area contributed by atoms with Gasteiger partial charge in [-0.15, -0.1) is 13.2 Å². The van der Waals surface area contributed by atoms with Gasteiger partial charge in [0.2, 0.25) is 0 Å². The van der Waals surface area contributed by atoms with E-state index in [-0.39, 0.29) is 0 Å². The van der Waals surface area contributed by atoms with Gasteiger partial charge in [-0.05, 0) is 103 Å². The third kappa shape index (κ3) is 6.71. The van der Waals surface area contributed by atoms with Crippen LogP contribution < -0.4 is 5.32 Å². The monoisotopic (exact) mass is 407 g/mol. The first-order valence-electron chi connectivity index (χ1n) is 11.8.